The topological polar surface area (TPSA) is 74.2 Å². The molecule has 0 unspecified atom stereocenters. The summed E-state index contributed by atoms with van der Waals surface area (Å²) in [4.78, 5) is 28.3. The van der Waals surface area contributed by atoms with Crippen LogP contribution in [0.15, 0.2) is 468 Å². The summed E-state index contributed by atoms with van der Waals surface area (Å²) in [6.45, 7) is 13.3. The molecule has 15 aromatic carbocycles. The van der Waals surface area contributed by atoms with Gasteiger partial charge < -0.3 is 24.1 Å². The average Bonchev–Trinajstić information content (AvgIpc) is 1.40. The first-order valence-electron chi connectivity index (χ1n) is 39.7. The lowest BCUT2D eigenvalue weighted by Crippen LogP contribution is -2.28. The maximum atomic E-state index is 14.5. The fourth-order valence-corrected chi connectivity index (χ4v) is 23.5. The Labute approximate surface area is 727 Å². The Morgan fingerprint density at radius 1 is 0.295 bits per heavy atom. The van der Waals surface area contributed by atoms with E-state index in [9.17, 15) is 36.2 Å². The molecule has 0 spiro atoms. The van der Waals surface area contributed by atoms with Crippen LogP contribution >= 0.6 is 0 Å². The first-order valence-corrected chi connectivity index (χ1v) is 45.9. The van der Waals surface area contributed by atoms with Gasteiger partial charge in [0.1, 0.15) is 40.0 Å². The number of rotatable bonds is 19. The summed E-state index contributed by atoms with van der Waals surface area (Å²) in [5.74, 6) is -1.31. The number of phenols is 1. The summed E-state index contributed by atoms with van der Waals surface area (Å²) in [6.07, 6.45) is 3.58. The number of benzene rings is 15. The van der Waals surface area contributed by atoms with Crippen LogP contribution in [0.5, 0.6) is 23.0 Å². The van der Waals surface area contributed by atoms with E-state index in [-0.39, 0.29) is 84.0 Å². The predicted octanol–water partition coefficient (Wildman–Crippen LogP) is 28.7. The van der Waals surface area contributed by atoms with E-state index in [0.717, 1.165) is 69.7 Å². The molecule has 1 saturated carbocycles. The number of phenolic OH excluding ortho intramolecular Hbond substituents is 1. The first-order chi connectivity index (χ1) is 58.9. The zero-order chi connectivity index (χ0) is 86.0. The quantitative estimate of drug-likeness (QED) is 0.0376. The molecule has 122 heavy (non-hydrogen) atoms. The molecule has 16 rings (SSSR count). The highest BCUT2D eigenvalue weighted by atomic mass is 32.2. The lowest BCUT2D eigenvalue weighted by Gasteiger charge is -2.26. The molecule has 1 fully saturated rings. The fourth-order valence-electron chi connectivity index (χ4n) is 13.0. The minimum Gasteiger partial charge on any atom is -0.505 e. The second kappa shape index (κ2) is 43.2. The summed E-state index contributed by atoms with van der Waals surface area (Å²) >= 11 is 0. The van der Waals surface area contributed by atoms with Gasteiger partial charge in [0.15, 0.2) is 108 Å². The van der Waals surface area contributed by atoms with E-state index >= 15 is 0 Å². The molecule has 6 nitrogen and oxygen atoms in total. The van der Waals surface area contributed by atoms with Gasteiger partial charge in [0.25, 0.3) is 0 Å². The molecular formula is C105H95F6O6S5+5. The maximum Gasteiger partial charge on any atom is 0.514 e. The second-order valence-electron chi connectivity index (χ2n) is 30.2. The highest BCUT2D eigenvalue weighted by Crippen LogP contribution is 2.42. The van der Waals surface area contributed by atoms with Gasteiger partial charge in [-0.2, -0.15) is 0 Å². The van der Waals surface area contributed by atoms with Gasteiger partial charge in [-0.25, -0.2) is 31.1 Å². The Morgan fingerprint density at radius 2 is 0.533 bits per heavy atom. The summed E-state index contributed by atoms with van der Waals surface area (Å²) in [6, 6.07) is 124. The fraction of sp³-hybridized carbons (Fsp3) is 0.133. The third-order valence-electron chi connectivity index (χ3n) is 18.5. The zero-order valence-electron chi connectivity index (χ0n) is 68.7. The molecule has 15 aromatic rings. The van der Waals surface area contributed by atoms with Gasteiger partial charge in [-0.15, -0.1) is 0 Å². The smallest absolute Gasteiger partial charge is 0.505 e. The SMILES string of the molecule is CC(C)(C)OC(=O)Oc1ccc([S+](c2ccccc2)c2ccccc2)cc1.CC(C)(C)Oc1cc([S+](c2ccccc2)c2ccccc2)ccc1F.CC1(Oc2cc([S+](c3ccccc3)c3ccccc3)ccc2F)CCCC1.Fc1ccc([S+](c2ccc(F)cc2)c2ccc(F)cc2)cc1.Oc1cc([S+](c2ccccc2)c2ccccc2)ccc1F. The summed E-state index contributed by atoms with van der Waals surface area (Å²) in [7, 11) is -1.73. The molecule has 0 saturated heterocycles. The molecule has 0 aromatic heterocycles. The van der Waals surface area contributed by atoms with Crippen molar-refractivity contribution in [3.8, 4) is 23.0 Å². The van der Waals surface area contributed by atoms with Crippen molar-refractivity contribution in [3.63, 3.8) is 0 Å². The highest BCUT2D eigenvalue weighted by molar-refractivity contribution is 7.98. The Morgan fingerprint density at radius 3 is 0.811 bits per heavy atom. The van der Waals surface area contributed by atoms with Crippen LogP contribution in [0.25, 0.3) is 0 Å². The van der Waals surface area contributed by atoms with Crippen molar-refractivity contribution < 1.29 is 55.2 Å². The Bertz CT molecular complexity index is 5460. The lowest BCUT2D eigenvalue weighted by molar-refractivity contribution is 0.0206. The van der Waals surface area contributed by atoms with Crippen LogP contribution in [0.2, 0.25) is 0 Å². The molecule has 0 atom stereocenters. The van der Waals surface area contributed by atoms with Crippen LogP contribution < -0.4 is 14.2 Å². The van der Waals surface area contributed by atoms with Crippen molar-refractivity contribution in [3.05, 3.63) is 429 Å². The summed E-state index contributed by atoms with van der Waals surface area (Å²) in [5, 5.41) is 9.67. The molecule has 17 heteroatoms. The van der Waals surface area contributed by atoms with Gasteiger partial charge in [0, 0.05) is 18.2 Å². The summed E-state index contributed by atoms with van der Waals surface area (Å²) in [5.41, 5.74) is -1.28. The first kappa shape index (κ1) is 89.6. The van der Waals surface area contributed by atoms with Crippen molar-refractivity contribution in [1.82, 2.24) is 0 Å². The predicted molar refractivity (Wildman–Crippen MR) is 484 cm³/mol. The Kier molecular flexibility index (Phi) is 31.7. The van der Waals surface area contributed by atoms with Crippen molar-refractivity contribution in [2.24, 2.45) is 0 Å². The van der Waals surface area contributed by atoms with Crippen LogP contribution in [0.3, 0.4) is 0 Å². The van der Waals surface area contributed by atoms with Crippen molar-refractivity contribution in [1.29, 1.82) is 0 Å². The third-order valence-corrected chi connectivity index (χ3v) is 29.6. The van der Waals surface area contributed by atoms with Gasteiger partial charge in [-0.3, -0.25) is 0 Å². The van der Waals surface area contributed by atoms with Crippen LogP contribution in [0, 0.1) is 34.9 Å². The molecule has 0 aliphatic heterocycles. The number of hydrogen-bond acceptors (Lipinski definition) is 6. The van der Waals surface area contributed by atoms with Gasteiger partial charge in [0.2, 0.25) is 0 Å². The van der Waals surface area contributed by atoms with Gasteiger partial charge >= 0.3 is 6.16 Å². The van der Waals surface area contributed by atoms with Gasteiger partial charge in [-0.1, -0.05) is 146 Å². The van der Waals surface area contributed by atoms with Gasteiger partial charge in [-0.05, 0) is 305 Å². The summed E-state index contributed by atoms with van der Waals surface area (Å²) < 4.78 is 104. The van der Waals surface area contributed by atoms with E-state index in [0.29, 0.717) is 17.2 Å². The molecule has 0 amide bonds. The second-order valence-corrected chi connectivity index (χ2v) is 40.3. The minimum absolute atomic E-state index is 0.223. The van der Waals surface area contributed by atoms with E-state index in [2.05, 4.69) is 153 Å². The monoisotopic (exact) mass is 1730 g/mol. The Balaban J connectivity index is 0.000000140. The molecule has 1 aliphatic rings. The number of carbonyl (C=O) groups excluding carboxylic acids is 1. The molecule has 0 bridgehead atoms. The number of halogens is 6. The standard InChI is InChI=1S/C24H24FOS.C23H23O3S.C22H22FOS.C18H12F3S.C18H13FOS/c1-24(16-8-9-17-24)26-23-18-21(14-15-22(23)25)27(19-10-4-2-5-11-19)20-12-6-3-7-13-20;1-23(2,3)26-22(24)25-18-14-16-21(17-15-18)27(19-10-6-4-7-11-19)20-12-8-5-9-13-20;1-22(2,3)24-21-16-19(14-15-20(21)23)25(17-10-6-4-7-11-17)18-12-8-5-9-13-18;19-13-1-7-16(8-2-13)22(17-9-3-14(20)4-10-17)18-11-5-15(21)6-12-18;19-17-12-11-16(13-18(17)20)21(14-7-3-1-4-8-14)15-9-5-2-6-10-15/h2-7,10-15,18H,8-9,16-17H2,1H3;4-17H,1-3H3;4-16H,1-3H3;1-12H;1-13H/q4*+1;/p+1. The van der Waals surface area contributed by atoms with E-state index in [4.69, 9.17) is 18.9 Å². The largest absolute Gasteiger partial charge is 0.514 e. The molecule has 1 N–H and O–H groups in total. The highest BCUT2D eigenvalue weighted by Gasteiger charge is 2.37. The average molecular weight is 1730 g/mol. The van der Waals surface area contributed by atoms with E-state index in [1.807, 2.05) is 187 Å². The van der Waals surface area contributed by atoms with Crippen LogP contribution in [0.4, 0.5) is 31.1 Å². The molecule has 0 heterocycles. The van der Waals surface area contributed by atoms with E-state index in [1.54, 1.807) is 48.5 Å². The normalized spacial score (nSPS) is 12.2. The molecular weight excluding hydrogens is 1630 g/mol. The number of carbonyl (C=O) groups is 1. The number of ether oxygens (including phenoxy) is 4. The maximum absolute atomic E-state index is 14.5. The molecule has 618 valence electrons. The number of aromatic hydroxyl groups is 1. The van der Waals surface area contributed by atoms with Crippen LogP contribution in [-0.4, -0.2) is 28.1 Å². The number of hydrogen-bond donors (Lipinski definition) is 1. The van der Waals surface area contributed by atoms with Crippen LogP contribution in [0.1, 0.15) is 74.1 Å². The molecule has 0 radical (unpaired) electrons. The zero-order valence-corrected chi connectivity index (χ0v) is 72.7. The third kappa shape index (κ3) is 25.9. The van der Waals surface area contributed by atoms with E-state index < -0.39 is 34.1 Å². The van der Waals surface area contributed by atoms with Gasteiger partial charge in [0.05, 0.1) is 54.5 Å². The van der Waals surface area contributed by atoms with E-state index in [1.165, 1.54) is 84.0 Å². The van der Waals surface area contributed by atoms with Crippen molar-refractivity contribution in [2.75, 3.05) is 0 Å². The minimum atomic E-state index is -0.694. The Hall–Kier alpha value is -11.7. The van der Waals surface area contributed by atoms with Crippen molar-refractivity contribution >= 4 is 60.6 Å². The van der Waals surface area contributed by atoms with Crippen LogP contribution in [-0.2, 0) is 59.2 Å². The molecule has 1 aliphatic carbocycles. The lowest BCUT2D eigenvalue weighted by atomic mass is 10.1. The van der Waals surface area contributed by atoms with Crippen molar-refractivity contribution in [2.45, 2.75) is 164 Å².